The first-order valence-electron chi connectivity index (χ1n) is 5.90. The lowest BCUT2D eigenvalue weighted by Crippen LogP contribution is -2.02. The molecule has 0 N–H and O–H groups in total. The fraction of sp³-hybridized carbons (Fsp3) is 0.333. The van der Waals surface area contributed by atoms with E-state index in [9.17, 15) is 0 Å². The molecule has 0 saturated heterocycles. The van der Waals surface area contributed by atoms with Crippen LogP contribution in [0.4, 0.5) is 0 Å². The molecule has 0 spiro atoms. The van der Waals surface area contributed by atoms with Crippen molar-refractivity contribution in [1.82, 2.24) is 0 Å². The summed E-state index contributed by atoms with van der Waals surface area (Å²) in [6, 6.07) is 12.5. The van der Waals surface area contributed by atoms with Gasteiger partial charge in [0.15, 0.2) is 0 Å². The summed E-state index contributed by atoms with van der Waals surface area (Å²) in [5.74, 6) is 0.928. The molecule has 0 aliphatic carbocycles. The molecule has 90 valence electrons. The molecule has 0 amide bonds. The lowest BCUT2D eigenvalue weighted by Gasteiger charge is -2.18. The minimum atomic E-state index is 0.0922. The first-order valence-corrected chi connectivity index (χ1v) is 5.90. The Kier molecular flexibility index (Phi) is 3.64. The van der Waals surface area contributed by atoms with Crippen LogP contribution in [0, 0.1) is 0 Å². The molecule has 17 heavy (non-hydrogen) atoms. The number of hydrogen-bond acceptors (Lipinski definition) is 2. The zero-order chi connectivity index (χ0) is 12.3. The highest BCUT2D eigenvalue weighted by atomic mass is 16.5. The highest BCUT2D eigenvalue weighted by molar-refractivity contribution is 5.89. The number of hydrogen-bond donors (Lipinski definition) is 0. The number of ether oxygens (including phenoxy) is 2. The molecule has 2 aromatic rings. The van der Waals surface area contributed by atoms with Gasteiger partial charge >= 0.3 is 0 Å². The molecule has 0 aliphatic heterocycles. The molecular weight excluding hydrogens is 212 g/mol. The monoisotopic (exact) mass is 230 g/mol. The van der Waals surface area contributed by atoms with Crippen molar-refractivity contribution in [2.75, 3.05) is 14.2 Å². The topological polar surface area (TPSA) is 18.5 Å². The van der Waals surface area contributed by atoms with E-state index in [4.69, 9.17) is 9.47 Å². The van der Waals surface area contributed by atoms with Crippen LogP contribution in [0.15, 0.2) is 36.4 Å². The van der Waals surface area contributed by atoms with Crippen molar-refractivity contribution in [1.29, 1.82) is 0 Å². The Balaban J connectivity index is 2.64. The van der Waals surface area contributed by atoms with Crippen LogP contribution in [-0.2, 0) is 4.74 Å². The minimum absolute atomic E-state index is 0.0922. The molecule has 0 bridgehead atoms. The summed E-state index contributed by atoms with van der Waals surface area (Å²) in [6.07, 6.45) is 1.03. The molecule has 2 nitrogen and oxygen atoms in total. The summed E-state index contributed by atoms with van der Waals surface area (Å²) in [6.45, 7) is 2.11. The molecular formula is C15H18O2. The fourth-order valence-electron chi connectivity index (χ4n) is 2.25. The van der Waals surface area contributed by atoms with Crippen molar-refractivity contribution >= 4 is 10.8 Å². The van der Waals surface area contributed by atoms with Crippen molar-refractivity contribution < 1.29 is 9.47 Å². The normalized spacial score (nSPS) is 12.6. The van der Waals surface area contributed by atoms with Gasteiger partial charge in [0.2, 0.25) is 0 Å². The van der Waals surface area contributed by atoms with Gasteiger partial charge in [-0.2, -0.15) is 0 Å². The molecule has 1 unspecified atom stereocenters. The lowest BCUT2D eigenvalue weighted by atomic mass is 10.0. The van der Waals surface area contributed by atoms with Gasteiger partial charge < -0.3 is 9.47 Å². The SMILES string of the molecule is CCC(OC)c1ccc2ccccc2c1OC. The van der Waals surface area contributed by atoms with Crippen LogP contribution in [-0.4, -0.2) is 14.2 Å². The molecule has 2 heteroatoms. The van der Waals surface area contributed by atoms with Crippen LogP contribution >= 0.6 is 0 Å². The average Bonchev–Trinajstić information content (AvgIpc) is 2.39. The van der Waals surface area contributed by atoms with Crippen molar-refractivity contribution in [3.63, 3.8) is 0 Å². The van der Waals surface area contributed by atoms with E-state index in [1.807, 2.05) is 12.1 Å². The van der Waals surface area contributed by atoms with Crippen molar-refractivity contribution in [2.24, 2.45) is 0 Å². The van der Waals surface area contributed by atoms with E-state index in [2.05, 4.69) is 31.2 Å². The Hall–Kier alpha value is -1.54. The van der Waals surface area contributed by atoms with Gasteiger partial charge in [0.05, 0.1) is 13.2 Å². The van der Waals surface area contributed by atoms with Crippen molar-refractivity contribution in [2.45, 2.75) is 19.4 Å². The lowest BCUT2D eigenvalue weighted by molar-refractivity contribution is 0.0978. The highest BCUT2D eigenvalue weighted by Gasteiger charge is 2.15. The second-order valence-electron chi connectivity index (χ2n) is 4.04. The van der Waals surface area contributed by atoms with E-state index < -0.39 is 0 Å². The standard InChI is InChI=1S/C15H18O2/c1-4-14(16-2)13-10-9-11-7-5-6-8-12(11)15(13)17-3/h5-10,14H,4H2,1-3H3. The third-order valence-electron chi connectivity index (χ3n) is 3.12. The van der Waals surface area contributed by atoms with Crippen LogP contribution in [0.2, 0.25) is 0 Å². The predicted octanol–water partition coefficient (Wildman–Crippen LogP) is 3.95. The molecule has 0 saturated carbocycles. The number of methoxy groups -OCH3 is 2. The van der Waals surface area contributed by atoms with Crippen LogP contribution in [0.1, 0.15) is 25.0 Å². The highest BCUT2D eigenvalue weighted by Crippen LogP contribution is 2.35. The fourth-order valence-corrected chi connectivity index (χ4v) is 2.25. The van der Waals surface area contributed by atoms with E-state index in [1.165, 1.54) is 5.39 Å². The smallest absolute Gasteiger partial charge is 0.132 e. The third-order valence-corrected chi connectivity index (χ3v) is 3.12. The van der Waals surface area contributed by atoms with Gasteiger partial charge in [-0.05, 0) is 11.8 Å². The molecule has 2 rings (SSSR count). The first-order chi connectivity index (χ1) is 8.31. The van der Waals surface area contributed by atoms with E-state index in [0.717, 1.165) is 23.1 Å². The second-order valence-corrected chi connectivity index (χ2v) is 4.04. The van der Waals surface area contributed by atoms with Crippen LogP contribution in [0.3, 0.4) is 0 Å². The van der Waals surface area contributed by atoms with Crippen molar-refractivity contribution in [3.8, 4) is 5.75 Å². The average molecular weight is 230 g/mol. The van der Waals surface area contributed by atoms with E-state index in [1.54, 1.807) is 14.2 Å². The summed E-state index contributed by atoms with van der Waals surface area (Å²) < 4.78 is 11.1. The van der Waals surface area contributed by atoms with Gasteiger partial charge in [0.25, 0.3) is 0 Å². The zero-order valence-electron chi connectivity index (χ0n) is 10.6. The summed E-state index contributed by atoms with van der Waals surface area (Å²) in [5, 5.41) is 2.34. The minimum Gasteiger partial charge on any atom is -0.496 e. The van der Waals surface area contributed by atoms with Crippen LogP contribution < -0.4 is 4.74 Å². The summed E-state index contributed by atoms with van der Waals surface area (Å²) in [5.41, 5.74) is 1.12. The Bertz CT molecular complexity index is 501. The molecule has 0 aromatic heterocycles. The van der Waals surface area contributed by atoms with Gasteiger partial charge in [0, 0.05) is 18.1 Å². The largest absolute Gasteiger partial charge is 0.496 e. The third kappa shape index (κ3) is 2.13. The Labute approximate surface area is 102 Å². The summed E-state index contributed by atoms with van der Waals surface area (Å²) in [7, 11) is 3.45. The quantitative estimate of drug-likeness (QED) is 0.791. The maximum atomic E-state index is 5.56. The number of fused-ring (bicyclic) bond motifs is 1. The number of rotatable bonds is 4. The van der Waals surface area contributed by atoms with Crippen LogP contribution in [0.25, 0.3) is 10.8 Å². The van der Waals surface area contributed by atoms with Gasteiger partial charge in [-0.1, -0.05) is 43.3 Å². The van der Waals surface area contributed by atoms with E-state index >= 15 is 0 Å². The first kappa shape index (κ1) is 11.9. The Morgan fingerprint density at radius 2 is 1.82 bits per heavy atom. The second kappa shape index (κ2) is 5.19. The van der Waals surface area contributed by atoms with Gasteiger partial charge in [0.1, 0.15) is 5.75 Å². The summed E-state index contributed by atoms with van der Waals surface area (Å²) in [4.78, 5) is 0. The van der Waals surface area contributed by atoms with Gasteiger partial charge in [-0.25, -0.2) is 0 Å². The van der Waals surface area contributed by atoms with Gasteiger partial charge in [-0.15, -0.1) is 0 Å². The molecule has 0 aliphatic rings. The van der Waals surface area contributed by atoms with Crippen molar-refractivity contribution in [3.05, 3.63) is 42.0 Å². The number of benzene rings is 2. The molecule has 0 heterocycles. The zero-order valence-corrected chi connectivity index (χ0v) is 10.6. The summed E-state index contributed by atoms with van der Waals surface area (Å²) >= 11 is 0. The predicted molar refractivity (Wildman–Crippen MR) is 70.5 cm³/mol. The maximum absolute atomic E-state index is 5.56. The molecule has 1 atom stereocenters. The van der Waals surface area contributed by atoms with E-state index in [0.29, 0.717) is 0 Å². The van der Waals surface area contributed by atoms with Gasteiger partial charge in [-0.3, -0.25) is 0 Å². The maximum Gasteiger partial charge on any atom is 0.132 e. The van der Waals surface area contributed by atoms with Crippen LogP contribution in [0.5, 0.6) is 5.75 Å². The Morgan fingerprint density at radius 1 is 1.06 bits per heavy atom. The molecule has 0 radical (unpaired) electrons. The Morgan fingerprint density at radius 3 is 2.47 bits per heavy atom. The van der Waals surface area contributed by atoms with E-state index in [-0.39, 0.29) is 6.10 Å². The molecule has 2 aromatic carbocycles. The molecule has 0 fully saturated rings.